The standard InChI is InChI=1S/C49H96N6O18/c1-42(54-60)48(3,4)52-15-11-44(12-16-53-49(5,6)43(2)55-61)10-14-50-45(56)8-7-9-46(57)51-17-19-63-21-23-65-25-27-67-29-31-69-33-35-71-37-39-73-41-40-72-38-36-70-34-32-68-30-28-66-26-24-64-22-20-62-18-13-47(58)59/h44,52-53,60-61H,7-41H2,1-6H3,(H,50,56)(H,51,57)(H,58,59)/b54-42-,55-43-. The molecule has 0 aromatic heterocycles. The van der Waals surface area contributed by atoms with Gasteiger partial charge in [0.05, 0.1) is 187 Å². The summed E-state index contributed by atoms with van der Waals surface area (Å²) in [6.45, 7) is 24.0. The lowest BCUT2D eigenvalue weighted by molar-refractivity contribution is -0.138. The van der Waals surface area contributed by atoms with E-state index >= 15 is 0 Å². The maximum atomic E-state index is 12.5. The Bertz CT molecular complexity index is 1350. The van der Waals surface area contributed by atoms with Crippen LogP contribution in [0.4, 0.5) is 0 Å². The fourth-order valence-electron chi connectivity index (χ4n) is 6.06. The molecule has 0 saturated heterocycles. The first-order chi connectivity index (χ1) is 35.2. The van der Waals surface area contributed by atoms with Gasteiger partial charge in [-0.25, -0.2) is 0 Å². The molecule has 0 unspecified atom stereocenters. The molecule has 0 fully saturated rings. The second-order valence-corrected chi connectivity index (χ2v) is 17.8. The van der Waals surface area contributed by atoms with Crippen LogP contribution in [0.2, 0.25) is 0 Å². The zero-order valence-corrected chi connectivity index (χ0v) is 45.2. The number of nitrogens with zero attached hydrogens (tertiary/aromatic N) is 2. The van der Waals surface area contributed by atoms with E-state index in [9.17, 15) is 24.8 Å². The van der Waals surface area contributed by atoms with E-state index in [2.05, 4.69) is 31.6 Å². The Morgan fingerprint density at radius 1 is 0.397 bits per heavy atom. The molecule has 0 aliphatic carbocycles. The molecule has 0 spiro atoms. The number of rotatable bonds is 56. The number of hydrogen-bond acceptors (Lipinski definition) is 21. The van der Waals surface area contributed by atoms with Crippen LogP contribution >= 0.6 is 0 Å². The summed E-state index contributed by atoms with van der Waals surface area (Å²) in [6.07, 6.45) is 3.42. The zero-order chi connectivity index (χ0) is 53.9. The number of carbonyl (C=O) groups excluding carboxylic acids is 2. The number of hydrogen-bond donors (Lipinski definition) is 7. The van der Waals surface area contributed by atoms with E-state index in [1.807, 2.05) is 27.7 Å². The van der Waals surface area contributed by atoms with Crippen molar-refractivity contribution in [3.63, 3.8) is 0 Å². The number of carboxylic acids is 1. The highest BCUT2D eigenvalue weighted by Gasteiger charge is 2.24. The normalized spacial score (nSPS) is 12.9. The van der Waals surface area contributed by atoms with E-state index in [1.165, 1.54) is 0 Å². The third kappa shape index (κ3) is 47.0. The Labute approximate surface area is 434 Å². The number of nitrogens with one attached hydrogen (secondary N) is 4. The monoisotopic (exact) mass is 1060 g/mol. The minimum absolute atomic E-state index is 0.0136. The molecule has 430 valence electrons. The summed E-state index contributed by atoms with van der Waals surface area (Å²) < 4.78 is 65.3. The second kappa shape index (κ2) is 49.7. The topological polar surface area (TPSA) is 295 Å². The van der Waals surface area contributed by atoms with Crippen molar-refractivity contribution in [1.29, 1.82) is 0 Å². The Balaban J connectivity index is 3.58. The molecule has 0 saturated carbocycles. The first-order valence-corrected chi connectivity index (χ1v) is 25.8. The summed E-state index contributed by atoms with van der Waals surface area (Å²) >= 11 is 0. The van der Waals surface area contributed by atoms with E-state index in [0.29, 0.717) is 202 Å². The first kappa shape index (κ1) is 69.8. The zero-order valence-electron chi connectivity index (χ0n) is 45.2. The number of carboxylic acid groups (broad SMARTS) is 1. The number of carbonyl (C=O) groups is 3. The molecular weight excluding hydrogens is 961 g/mol. The van der Waals surface area contributed by atoms with Crippen molar-refractivity contribution in [1.82, 2.24) is 21.3 Å². The summed E-state index contributed by atoms with van der Waals surface area (Å²) in [4.78, 5) is 35.2. The van der Waals surface area contributed by atoms with Gasteiger partial charge >= 0.3 is 5.97 Å². The van der Waals surface area contributed by atoms with Crippen molar-refractivity contribution < 1.29 is 86.7 Å². The smallest absolute Gasteiger partial charge is 0.305 e. The second-order valence-electron chi connectivity index (χ2n) is 17.8. The molecule has 0 aromatic rings. The highest BCUT2D eigenvalue weighted by atomic mass is 16.6. The minimum atomic E-state index is -0.883. The quantitative estimate of drug-likeness (QED) is 0.0199. The molecule has 0 heterocycles. The molecule has 73 heavy (non-hydrogen) atoms. The summed E-state index contributed by atoms with van der Waals surface area (Å²) in [6, 6.07) is 0. The van der Waals surface area contributed by atoms with Crippen molar-refractivity contribution in [2.75, 3.05) is 185 Å². The van der Waals surface area contributed by atoms with Gasteiger partial charge < -0.3 is 93.6 Å². The largest absolute Gasteiger partial charge is 0.481 e. The van der Waals surface area contributed by atoms with Crippen LogP contribution in [0.25, 0.3) is 0 Å². The van der Waals surface area contributed by atoms with Gasteiger partial charge in [-0.15, -0.1) is 0 Å². The fourth-order valence-corrected chi connectivity index (χ4v) is 6.06. The third-order valence-electron chi connectivity index (χ3n) is 11.2. The predicted octanol–water partition coefficient (Wildman–Crippen LogP) is 2.29. The van der Waals surface area contributed by atoms with Crippen molar-refractivity contribution in [2.24, 2.45) is 16.2 Å². The van der Waals surface area contributed by atoms with E-state index < -0.39 is 17.0 Å². The minimum Gasteiger partial charge on any atom is -0.481 e. The Morgan fingerprint density at radius 3 is 0.945 bits per heavy atom. The van der Waals surface area contributed by atoms with Gasteiger partial charge in [0.1, 0.15) is 0 Å². The Kier molecular flexibility index (Phi) is 47.5. The molecule has 2 amide bonds. The number of aliphatic carboxylic acids is 1. The average Bonchev–Trinajstić information content (AvgIpc) is 3.36. The Hall–Kier alpha value is -3.21. The lowest BCUT2D eigenvalue weighted by Gasteiger charge is -2.28. The Morgan fingerprint density at radius 2 is 0.658 bits per heavy atom. The molecule has 0 rings (SSSR count). The van der Waals surface area contributed by atoms with Gasteiger partial charge in [-0.3, -0.25) is 14.4 Å². The predicted molar refractivity (Wildman–Crippen MR) is 273 cm³/mol. The van der Waals surface area contributed by atoms with Crippen molar-refractivity contribution in [3.05, 3.63) is 0 Å². The van der Waals surface area contributed by atoms with Gasteiger partial charge in [0.15, 0.2) is 0 Å². The molecule has 0 atom stereocenters. The first-order valence-electron chi connectivity index (χ1n) is 25.8. The molecule has 24 heteroatoms. The van der Waals surface area contributed by atoms with Crippen LogP contribution in [0.3, 0.4) is 0 Å². The lowest BCUT2D eigenvalue weighted by atomic mass is 9.94. The number of amides is 2. The molecular formula is C49H96N6O18. The number of oxime groups is 2. The van der Waals surface area contributed by atoms with Crippen LogP contribution in [0.1, 0.15) is 86.5 Å². The van der Waals surface area contributed by atoms with Crippen LogP contribution in [-0.2, 0) is 71.2 Å². The highest BCUT2D eigenvalue weighted by molar-refractivity contribution is 5.90. The average molecular weight is 1060 g/mol. The van der Waals surface area contributed by atoms with Crippen molar-refractivity contribution in [2.45, 2.75) is 97.6 Å². The van der Waals surface area contributed by atoms with Gasteiger partial charge in [0.25, 0.3) is 0 Å². The van der Waals surface area contributed by atoms with E-state index in [4.69, 9.17) is 61.9 Å². The van der Waals surface area contributed by atoms with Crippen LogP contribution < -0.4 is 21.3 Å². The van der Waals surface area contributed by atoms with Gasteiger partial charge in [0.2, 0.25) is 11.8 Å². The summed E-state index contributed by atoms with van der Waals surface area (Å²) in [7, 11) is 0. The lowest BCUT2D eigenvalue weighted by Crippen LogP contribution is -2.47. The third-order valence-corrected chi connectivity index (χ3v) is 11.2. The van der Waals surface area contributed by atoms with Gasteiger partial charge in [0, 0.05) is 25.9 Å². The van der Waals surface area contributed by atoms with Crippen LogP contribution in [0.15, 0.2) is 10.3 Å². The molecule has 0 bridgehead atoms. The van der Waals surface area contributed by atoms with Crippen molar-refractivity contribution >= 4 is 29.2 Å². The highest BCUT2D eigenvalue weighted by Crippen LogP contribution is 2.15. The van der Waals surface area contributed by atoms with Crippen molar-refractivity contribution in [3.8, 4) is 0 Å². The summed E-state index contributed by atoms with van der Waals surface area (Å²) in [5.74, 6) is -0.809. The number of ether oxygens (including phenoxy) is 12. The van der Waals surface area contributed by atoms with Gasteiger partial charge in [-0.1, -0.05) is 10.3 Å². The molecule has 24 nitrogen and oxygen atoms in total. The molecule has 0 aliphatic rings. The van der Waals surface area contributed by atoms with E-state index in [0.717, 1.165) is 19.3 Å². The maximum absolute atomic E-state index is 12.5. The van der Waals surface area contributed by atoms with Crippen LogP contribution in [0, 0.1) is 5.92 Å². The maximum Gasteiger partial charge on any atom is 0.305 e. The van der Waals surface area contributed by atoms with Crippen LogP contribution in [-0.4, -0.2) is 241 Å². The summed E-state index contributed by atoms with van der Waals surface area (Å²) in [5.41, 5.74) is 0.284. The van der Waals surface area contributed by atoms with Gasteiger partial charge in [-0.2, -0.15) is 0 Å². The molecule has 7 N–H and O–H groups in total. The molecule has 0 aliphatic heterocycles. The fraction of sp³-hybridized carbons (Fsp3) is 0.898. The molecule has 0 radical (unpaired) electrons. The SMILES string of the molecule is C/C(=N/O)C(C)(C)NCCC(CCNC(=O)CCCC(=O)NCCOCCOCCOCCOCCOCCOCCOCCOCCOCCOCCOCCOCCC(=O)O)CCNC(C)(C)/C(C)=N\O. The van der Waals surface area contributed by atoms with Gasteiger partial charge in [-0.05, 0) is 86.2 Å². The summed E-state index contributed by atoms with van der Waals surface area (Å²) in [5, 5.41) is 46.3. The van der Waals surface area contributed by atoms with Crippen LogP contribution in [0.5, 0.6) is 0 Å². The molecule has 0 aromatic carbocycles. The van der Waals surface area contributed by atoms with E-state index in [-0.39, 0.29) is 37.7 Å². The van der Waals surface area contributed by atoms with E-state index in [1.54, 1.807) is 13.8 Å².